The topological polar surface area (TPSA) is 293 Å². The van der Waals surface area contributed by atoms with E-state index in [9.17, 15) is 28.2 Å². The fourth-order valence-corrected chi connectivity index (χ4v) is 12.4. The van der Waals surface area contributed by atoms with E-state index in [1.807, 2.05) is 61.4 Å². The van der Waals surface area contributed by atoms with Crippen LogP contribution < -0.4 is 31.9 Å². The van der Waals surface area contributed by atoms with Gasteiger partial charge in [-0.25, -0.2) is 58.0 Å². The summed E-state index contributed by atoms with van der Waals surface area (Å²) in [4.78, 5) is 61.0. The van der Waals surface area contributed by atoms with Crippen LogP contribution in [0.5, 0.6) is 0 Å². The van der Waals surface area contributed by atoms with Crippen LogP contribution in [-0.4, -0.2) is 115 Å². The molecule has 0 spiro atoms. The first-order valence-electron chi connectivity index (χ1n) is 33.5. The van der Waals surface area contributed by atoms with Crippen molar-refractivity contribution in [3.05, 3.63) is 198 Å². The van der Waals surface area contributed by atoms with Crippen molar-refractivity contribution in [2.45, 2.75) is 109 Å². The Morgan fingerprint density at radius 3 is 1.12 bits per heavy atom. The minimum atomic E-state index is -0.922. The minimum Gasteiger partial charge on any atom is -0.385 e. The van der Waals surface area contributed by atoms with Crippen LogP contribution in [-0.2, 0) is 16.0 Å². The Hall–Kier alpha value is -10.1. The number of nitrogens with zero attached hydrogens (tertiary/aromatic N) is 9. The highest BCUT2D eigenvalue weighted by atomic mass is 35.5. The molecule has 0 aliphatic carbocycles. The van der Waals surface area contributed by atoms with Crippen LogP contribution in [0.2, 0.25) is 0 Å². The van der Waals surface area contributed by atoms with E-state index in [0.717, 1.165) is 141 Å². The molecule has 11 N–H and O–H groups in total. The number of H-pyrrole nitrogens is 3. The van der Waals surface area contributed by atoms with Crippen LogP contribution in [0.3, 0.4) is 0 Å². The maximum atomic E-state index is 13.4. The number of aromatic amines is 3. The minimum absolute atomic E-state index is 0. The number of hydrogen-bond donors (Lipinski definition) is 11. The third kappa shape index (κ3) is 16.5. The highest BCUT2D eigenvalue weighted by molar-refractivity contribution is 5.96. The average Bonchev–Trinajstić information content (AvgIpc) is 1.57. The lowest BCUT2D eigenvalue weighted by Crippen LogP contribution is -2.39. The summed E-state index contributed by atoms with van der Waals surface area (Å²) in [5.41, 5.74) is 9.79. The molecule has 12 aromatic rings. The maximum Gasteiger partial charge on any atom is 0.161 e. The number of hydrogen-bond acceptors (Lipinski definition) is 18. The number of nitrogens with one attached hydrogen (secondary N) is 9. The molecular formula is C75H82ClF3N18O3. The molecule has 0 radical (unpaired) electrons. The van der Waals surface area contributed by atoms with Gasteiger partial charge in [-0.3, -0.25) is 4.79 Å². The van der Waals surface area contributed by atoms with Crippen LogP contribution in [0.25, 0.3) is 67.3 Å². The van der Waals surface area contributed by atoms with E-state index in [-0.39, 0.29) is 47.6 Å². The summed E-state index contributed by atoms with van der Waals surface area (Å²) in [7, 11) is 0. The van der Waals surface area contributed by atoms with Gasteiger partial charge in [0.15, 0.2) is 17.5 Å². The first kappa shape index (κ1) is 71.2. The van der Waals surface area contributed by atoms with Gasteiger partial charge in [-0.1, -0.05) is 41.5 Å². The number of anilines is 6. The highest BCUT2D eigenvalue weighted by Crippen LogP contribution is 2.42. The molecule has 518 valence electrons. The van der Waals surface area contributed by atoms with Gasteiger partial charge in [0, 0.05) is 142 Å². The second-order valence-corrected chi connectivity index (χ2v) is 25.9. The quantitative estimate of drug-likeness (QED) is 0.0482. The van der Waals surface area contributed by atoms with Gasteiger partial charge in [-0.2, -0.15) is 0 Å². The Bertz CT molecular complexity index is 4540. The number of carbonyl (C=O) groups excluding carboxylic acids is 1. The van der Waals surface area contributed by atoms with E-state index in [1.165, 1.54) is 36.4 Å². The summed E-state index contributed by atoms with van der Waals surface area (Å²) in [5.74, 6) is 3.82. The molecule has 3 saturated heterocycles. The summed E-state index contributed by atoms with van der Waals surface area (Å²) in [5, 5.41) is 45.6. The normalized spacial score (nSPS) is 14.9. The molecule has 3 aliphatic rings. The highest BCUT2D eigenvalue weighted by Gasteiger charge is 2.36. The fourth-order valence-electron chi connectivity index (χ4n) is 12.4. The second-order valence-electron chi connectivity index (χ2n) is 25.9. The van der Waals surface area contributed by atoms with E-state index >= 15 is 0 Å². The molecule has 9 aromatic heterocycles. The maximum absolute atomic E-state index is 13.4. The number of benzene rings is 3. The number of halogens is 4. The molecule has 3 aromatic carbocycles. The molecule has 0 amide bonds. The molecular weight excluding hydrogens is 1290 g/mol. The molecule has 3 aliphatic heterocycles. The number of ketones is 1. The Morgan fingerprint density at radius 1 is 0.430 bits per heavy atom. The van der Waals surface area contributed by atoms with Crippen molar-refractivity contribution < 1.29 is 28.2 Å². The Morgan fingerprint density at radius 2 is 0.770 bits per heavy atom. The molecule has 0 atom stereocenters. The van der Waals surface area contributed by atoms with Crippen LogP contribution in [0.15, 0.2) is 153 Å². The van der Waals surface area contributed by atoms with Gasteiger partial charge in [0.05, 0.1) is 28.3 Å². The average molecular weight is 1380 g/mol. The first-order valence-corrected chi connectivity index (χ1v) is 33.5. The summed E-state index contributed by atoms with van der Waals surface area (Å²) in [6.07, 6.45) is 20.3. The van der Waals surface area contributed by atoms with Crippen molar-refractivity contribution in [3.63, 3.8) is 0 Å². The van der Waals surface area contributed by atoms with Crippen LogP contribution in [0.4, 0.5) is 47.7 Å². The van der Waals surface area contributed by atoms with Crippen molar-refractivity contribution in [3.8, 4) is 34.2 Å². The second kappa shape index (κ2) is 31.8. The summed E-state index contributed by atoms with van der Waals surface area (Å²) in [6, 6.07) is 26.2. The molecule has 15 rings (SSSR count). The van der Waals surface area contributed by atoms with Gasteiger partial charge in [0.2, 0.25) is 0 Å². The van der Waals surface area contributed by atoms with Gasteiger partial charge in [0.25, 0.3) is 0 Å². The van der Waals surface area contributed by atoms with Crippen molar-refractivity contribution in [2.75, 3.05) is 55.2 Å². The largest absolute Gasteiger partial charge is 0.385 e. The number of rotatable bonds is 14. The standard InChI is InChI=1S/2C25H27FN6O.C20H18FN5.C5H9NO.ClH/c2*1-15(2)18-13-29-22(16-3-5-17(26)6-4-16)32-23(18)31-20-7-10-28-24-21(20)19(14-30-24)25(33)8-11-27-12-9-25;1-12(2)16-11-24-18(13-3-5-14(21)6-4-13)26-20(16)25-17-8-10-23-19-15(17)7-9-22-19;7-5-1-3-6-4-2-5;/h2*3-7,10,13-15,27,33H,8-9,11-12H2,1-2H3,(H2,28,29,30,31,32);3-12H,1-2H3,(H2,22,23,24,25,26);6H,1-4H2;1H. The van der Waals surface area contributed by atoms with Crippen LogP contribution >= 0.6 is 12.4 Å². The number of aliphatic hydroxyl groups is 2. The summed E-state index contributed by atoms with van der Waals surface area (Å²) < 4.78 is 40.0. The molecule has 0 unspecified atom stereocenters. The molecule has 0 bridgehead atoms. The monoisotopic (exact) mass is 1370 g/mol. The SMILES string of the molecule is CC(C)c1cnc(-c2ccc(F)cc2)nc1Nc1ccnc2[nH]cc(C3(O)CCNCC3)c12.CC(C)c1cnc(-c2ccc(F)cc2)nc1Nc1ccnc2[nH]cc(C3(O)CCNCC3)c12.CC(C)c1cnc(-c2ccc(F)cc2)nc1Nc1ccnc2[nH]ccc12.Cl.O=C1CCNCC1. The van der Waals surface area contributed by atoms with Crippen molar-refractivity contribution in [2.24, 2.45) is 0 Å². The molecule has 100 heavy (non-hydrogen) atoms. The first-order chi connectivity index (χ1) is 47.9. The lowest BCUT2D eigenvalue weighted by molar-refractivity contribution is -0.119. The van der Waals surface area contributed by atoms with Crippen LogP contribution in [0.1, 0.15) is 126 Å². The molecule has 0 saturated carbocycles. The predicted molar refractivity (Wildman–Crippen MR) is 389 cm³/mol. The van der Waals surface area contributed by atoms with E-state index in [1.54, 1.807) is 55.0 Å². The van der Waals surface area contributed by atoms with E-state index < -0.39 is 11.2 Å². The van der Waals surface area contributed by atoms with Gasteiger partial charge in [-0.05, 0) is 167 Å². The van der Waals surface area contributed by atoms with Gasteiger partial charge in [-0.15, -0.1) is 12.4 Å². The Balaban J connectivity index is 0.000000144. The molecule has 21 nitrogen and oxygen atoms in total. The third-order valence-electron chi connectivity index (χ3n) is 18.0. The van der Waals surface area contributed by atoms with Gasteiger partial charge >= 0.3 is 0 Å². The molecule has 12 heterocycles. The zero-order chi connectivity index (χ0) is 69.2. The fraction of sp³-hybridized carbons (Fsp3) is 0.307. The van der Waals surface area contributed by atoms with Crippen molar-refractivity contribution in [1.29, 1.82) is 0 Å². The number of carbonyl (C=O) groups is 1. The predicted octanol–water partition coefficient (Wildman–Crippen LogP) is 14.6. The third-order valence-corrected chi connectivity index (χ3v) is 18.0. The van der Waals surface area contributed by atoms with Gasteiger partial charge in [0.1, 0.15) is 57.6 Å². The number of fused-ring (bicyclic) bond motifs is 3. The Kier molecular flexibility index (Phi) is 22.7. The molecule has 25 heteroatoms. The number of aromatic nitrogens is 12. The zero-order valence-corrected chi connectivity index (χ0v) is 57.3. The van der Waals surface area contributed by atoms with Crippen LogP contribution in [0, 0.1) is 17.5 Å². The number of Topliss-reactive ketones (excluding diaryl/α,β-unsaturated/α-hetero) is 1. The van der Waals surface area contributed by atoms with Crippen molar-refractivity contribution >= 4 is 85.8 Å². The summed E-state index contributed by atoms with van der Waals surface area (Å²) >= 11 is 0. The molecule has 3 fully saturated rings. The number of pyridine rings is 3. The Labute approximate surface area is 583 Å². The zero-order valence-electron chi connectivity index (χ0n) is 56.5. The van der Waals surface area contributed by atoms with E-state index in [0.29, 0.717) is 71.9 Å². The van der Waals surface area contributed by atoms with Gasteiger partial charge < -0.3 is 57.1 Å². The van der Waals surface area contributed by atoms with Crippen molar-refractivity contribution in [1.82, 2.24) is 75.8 Å². The van der Waals surface area contributed by atoms with E-state index in [2.05, 4.69) is 118 Å². The smallest absolute Gasteiger partial charge is 0.161 e. The lowest BCUT2D eigenvalue weighted by Gasteiger charge is -2.32. The van der Waals surface area contributed by atoms with E-state index in [4.69, 9.17) is 15.0 Å². The lowest BCUT2D eigenvalue weighted by atomic mass is 9.85. The summed E-state index contributed by atoms with van der Waals surface area (Å²) in [6.45, 7) is 17.4. The number of piperidine rings is 3.